The molecule has 1 atom stereocenters. The van der Waals surface area contributed by atoms with E-state index in [4.69, 9.17) is 0 Å². The van der Waals surface area contributed by atoms with E-state index in [-0.39, 0.29) is 11.9 Å². The molecule has 21 heavy (non-hydrogen) atoms. The van der Waals surface area contributed by atoms with Gasteiger partial charge in [-0.05, 0) is 66.2 Å². The Morgan fingerprint density at radius 3 is 2.43 bits per heavy atom. The third-order valence-corrected chi connectivity index (χ3v) is 3.89. The van der Waals surface area contributed by atoms with Crippen LogP contribution in [0.3, 0.4) is 0 Å². The highest BCUT2D eigenvalue weighted by Gasteiger charge is 2.14. The molecule has 0 saturated heterocycles. The van der Waals surface area contributed by atoms with Gasteiger partial charge >= 0.3 is 0 Å². The lowest BCUT2D eigenvalue weighted by atomic mass is 10.0. The van der Waals surface area contributed by atoms with Gasteiger partial charge in [-0.2, -0.15) is 0 Å². The van der Waals surface area contributed by atoms with E-state index in [0.717, 1.165) is 38.2 Å². The predicted octanol–water partition coefficient (Wildman–Crippen LogP) is 2.75. The third kappa shape index (κ3) is 6.55. The number of halogens is 1. The Balaban J connectivity index is 2.47. The molecule has 1 unspecified atom stereocenters. The molecule has 0 aliphatic heterocycles. The molecule has 0 aliphatic rings. The Bertz CT molecular complexity index is 395. The first-order chi connectivity index (χ1) is 10.1. The van der Waals surface area contributed by atoms with Crippen molar-refractivity contribution in [1.29, 1.82) is 0 Å². The topological polar surface area (TPSA) is 18.5 Å². The van der Waals surface area contributed by atoms with Crippen molar-refractivity contribution >= 4 is 0 Å². The van der Waals surface area contributed by atoms with Crippen LogP contribution in [0.2, 0.25) is 0 Å². The van der Waals surface area contributed by atoms with E-state index in [1.165, 1.54) is 12.5 Å². The highest BCUT2D eigenvalue weighted by atomic mass is 19.1. The van der Waals surface area contributed by atoms with Crippen molar-refractivity contribution in [2.24, 2.45) is 0 Å². The lowest BCUT2D eigenvalue weighted by Gasteiger charge is -2.25. The molecular formula is C17H30FN3. The van der Waals surface area contributed by atoms with E-state index < -0.39 is 0 Å². The third-order valence-electron chi connectivity index (χ3n) is 3.89. The molecule has 0 bridgehead atoms. The van der Waals surface area contributed by atoms with Gasteiger partial charge < -0.3 is 15.1 Å². The zero-order valence-electron chi connectivity index (χ0n) is 13.9. The maximum atomic E-state index is 13.9. The van der Waals surface area contributed by atoms with Crippen LogP contribution >= 0.6 is 0 Å². The molecule has 1 aromatic carbocycles. The van der Waals surface area contributed by atoms with Crippen molar-refractivity contribution in [3.05, 3.63) is 35.6 Å². The van der Waals surface area contributed by atoms with Crippen LogP contribution in [0.1, 0.15) is 31.4 Å². The SMILES string of the molecule is CCN(CCCN(C)C)CCC(NC)c1ccccc1F. The molecular weight excluding hydrogens is 265 g/mol. The summed E-state index contributed by atoms with van der Waals surface area (Å²) in [6.07, 6.45) is 2.10. The van der Waals surface area contributed by atoms with E-state index in [2.05, 4.69) is 36.1 Å². The molecule has 3 nitrogen and oxygen atoms in total. The smallest absolute Gasteiger partial charge is 0.127 e. The van der Waals surface area contributed by atoms with Gasteiger partial charge in [0.1, 0.15) is 5.82 Å². The van der Waals surface area contributed by atoms with Crippen LogP contribution in [-0.4, -0.2) is 57.1 Å². The lowest BCUT2D eigenvalue weighted by molar-refractivity contribution is 0.252. The fourth-order valence-corrected chi connectivity index (χ4v) is 2.56. The summed E-state index contributed by atoms with van der Waals surface area (Å²) < 4.78 is 13.9. The predicted molar refractivity (Wildman–Crippen MR) is 88.1 cm³/mol. The number of hydrogen-bond acceptors (Lipinski definition) is 3. The van der Waals surface area contributed by atoms with Crippen molar-refractivity contribution < 1.29 is 4.39 Å². The largest absolute Gasteiger partial charge is 0.313 e. The van der Waals surface area contributed by atoms with E-state index >= 15 is 0 Å². The lowest BCUT2D eigenvalue weighted by Crippen LogP contribution is -2.31. The van der Waals surface area contributed by atoms with E-state index in [0.29, 0.717) is 0 Å². The molecule has 4 heteroatoms. The Morgan fingerprint density at radius 2 is 1.86 bits per heavy atom. The summed E-state index contributed by atoms with van der Waals surface area (Å²) in [7, 11) is 6.11. The molecule has 1 N–H and O–H groups in total. The molecule has 0 radical (unpaired) electrons. The number of nitrogens with one attached hydrogen (secondary N) is 1. The molecule has 1 rings (SSSR count). The second kappa shape index (κ2) is 9.87. The normalized spacial score (nSPS) is 13.1. The van der Waals surface area contributed by atoms with Gasteiger partial charge in [0.05, 0.1) is 0 Å². The number of rotatable bonds is 10. The van der Waals surface area contributed by atoms with Crippen molar-refractivity contribution in [3.63, 3.8) is 0 Å². The molecule has 120 valence electrons. The quantitative estimate of drug-likeness (QED) is 0.716. The fourth-order valence-electron chi connectivity index (χ4n) is 2.56. The van der Waals surface area contributed by atoms with Gasteiger partial charge in [0, 0.05) is 11.6 Å². The Labute approximate surface area is 129 Å². The molecule has 1 aromatic rings. The molecule has 0 spiro atoms. The second-order valence-electron chi connectivity index (χ2n) is 5.74. The first-order valence-electron chi connectivity index (χ1n) is 7.87. The van der Waals surface area contributed by atoms with Crippen LogP contribution < -0.4 is 5.32 Å². The van der Waals surface area contributed by atoms with Gasteiger partial charge in [-0.1, -0.05) is 25.1 Å². The maximum absolute atomic E-state index is 13.9. The number of benzene rings is 1. The van der Waals surface area contributed by atoms with Gasteiger partial charge in [0.15, 0.2) is 0 Å². The fraction of sp³-hybridized carbons (Fsp3) is 0.647. The van der Waals surface area contributed by atoms with Crippen molar-refractivity contribution in [1.82, 2.24) is 15.1 Å². The van der Waals surface area contributed by atoms with Crippen molar-refractivity contribution in [2.75, 3.05) is 47.3 Å². The zero-order chi connectivity index (χ0) is 15.7. The van der Waals surface area contributed by atoms with Crippen LogP contribution in [0.4, 0.5) is 4.39 Å². The highest BCUT2D eigenvalue weighted by molar-refractivity contribution is 5.21. The number of nitrogens with zero attached hydrogens (tertiary/aromatic N) is 2. The molecule has 0 aliphatic carbocycles. The molecule has 0 aromatic heterocycles. The van der Waals surface area contributed by atoms with Crippen molar-refractivity contribution in [2.45, 2.75) is 25.8 Å². The van der Waals surface area contributed by atoms with Crippen LogP contribution in [0, 0.1) is 5.82 Å². The van der Waals surface area contributed by atoms with Crippen LogP contribution in [-0.2, 0) is 0 Å². The van der Waals surface area contributed by atoms with Gasteiger partial charge in [0.25, 0.3) is 0 Å². The average Bonchev–Trinajstić information content (AvgIpc) is 2.47. The van der Waals surface area contributed by atoms with E-state index in [1.807, 2.05) is 19.2 Å². The summed E-state index contributed by atoms with van der Waals surface area (Å²) in [6.45, 7) is 6.43. The minimum absolute atomic E-state index is 0.0779. The molecule has 0 saturated carbocycles. The minimum Gasteiger partial charge on any atom is -0.313 e. The average molecular weight is 295 g/mol. The Kier molecular flexibility index (Phi) is 8.50. The van der Waals surface area contributed by atoms with Gasteiger partial charge in [-0.15, -0.1) is 0 Å². The summed E-state index contributed by atoms with van der Waals surface area (Å²) in [5.41, 5.74) is 0.768. The Hall–Kier alpha value is -0.970. The first kappa shape index (κ1) is 18.1. The Morgan fingerprint density at radius 1 is 1.14 bits per heavy atom. The minimum atomic E-state index is -0.118. The van der Waals surface area contributed by atoms with Gasteiger partial charge in [0.2, 0.25) is 0 Å². The maximum Gasteiger partial charge on any atom is 0.127 e. The summed E-state index contributed by atoms with van der Waals surface area (Å²) in [6, 6.07) is 7.13. The van der Waals surface area contributed by atoms with E-state index in [9.17, 15) is 4.39 Å². The second-order valence-corrected chi connectivity index (χ2v) is 5.74. The standard InChI is InChI=1S/C17H30FN3/c1-5-21(13-8-12-20(3)4)14-11-17(19-2)15-9-6-7-10-16(15)18/h6-7,9-10,17,19H,5,8,11-14H2,1-4H3. The highest BCUT2D eigenvalue weighted by Crippen LogP contribution is 2.20. The van der Waals surface area contributed by atoms with Crippen LogP contribution in [0.5, 0.6) is 0 Å². The zero-order valence-corrected chi connectivity index (χ0v) is 13.9. The summed E-state index contributed by atoms with van der Waals surface area (Å²) in [5, 5.41) is 3.24. The summed E-state index contributed by atoms with van der Waals surface area (Å²) in [5.74, 6) is -0.118. The van der Waals surface area contributed by atoms with Crippen LogP contribution in [0.25, 0.3) is 0 Å². The van der Waals surface area contributed by atoms with Crippen molar-refractivity contribution in [3.8, 4) is 0 Å². The summed E-state index contributed by atoms with van der Waals surface area (Å²) >= 11 is 0. The van der Waals surface area contributed by atoms with Crippen LogP contribution in [0.15, 0.2) is 24.3 Å². The van der Waals surface area contributed by atoms with E-state index in [1.54, 1.807) is 6.07 Å². The molecule has 0 fully saturated rings. The monoisotopic (exact) mass is 295 g/mol. The number of hydrogen-bond donors (Lipinski definition) is 1. The summed E-state index contributed by atoms with van der Waals surface area (Å²) in [4.78, 5) is 4.65. The van der Waals surface area contributed by atoms with Gasteiger partial charge in [-0.3, -0.25) is 0 Å². The molecule has 0 amide bonds. The molecule has 0 heterocycles. The van der Waals surface area contributed by atoms with Gasteiger partial charge in [-0.25, -0.2) is 4.39 Å². The first-order valence-corrected chi connectivity index (χ1v) is 7.87.